The summed E-state index contributed by atoms with van der Waals surface area (Å²) in [5, 5.41) is 0. The van der Waals surface area contributed by atoms with Crippen LogP contribution in [-0.2, 0) is 14.3 Å². The fourth-order valence-corrected chi connectivity index (χ4v) is 1.78. The van der Waals surface area contributed by atoms with Gasteiger partial charge in [0.05, 0.1) is 13.4 Å². The Labute approximate surface area is 100 Å². The molecule has 0 aromatic heterocycles. The van der Waals surface area contributed by atoms with Crippen molar-refractivity contribution in [2.45, 2.75) is 6.10 Å². The number of carbonyl (C=O) groups is 1. The number of ether oxygens (including phenoxy) is 2. The van der Waals surface area contributed by atoms with E-state index in [1.807, 2.05) is 36.4 Å². The van der Waals surface area contributed by atoms with Crippen LogP contribution in [0.15, 0.2) is 54.8 Å². The van der Waals surface area contributed by atoms with Gasteiger partial charge in [-0.3, -0.25) is 0 Å². The SMILES string of the molecule is COC(=O)/C=C/[C@H]1C=CO[C@@H]1c1ccccc1. The first-order chi connectivity index (χ1) is 8.31. The smallest absolute Gasteiger partial charge is 0.330 e. The van der Waals surface area contributed by atoms with Gasteiger partial charge in [0.1, 0.15) is 6.10 Å². The second-order valence-electron chi connectivity index (χ2n) is 3.76. The van der Waals surface area contributed by atoms with Crippen LogP contribution < -0.4 is 0 Å². The lowest BCUT2D eigenvalue weighted by Gasteiger charge is -2.16. The summed E-state index contributed by atoms with van der Waals surface area (Å²) in [7, 11) is 1.36. The summed E-state index contributed by atoms with van der Waals surface area (Å²) in [6.45, 7) is 0. The fraction of sp³-hybridized carbons (Fsp3) is 0.214. The lowest BCUT2D eigenvalue weighted by molar-refractivity contribution is -0.134. The molecule has 3 heteroatoms. The van der Waals surface area contributed by atoms with E-state index in [9.17, 15) is 4.79 Å². The average Bonchev–Trinajstić information content (AvgIpc) is 2.85. The van der Waals surface area contributed by atoms with E-state index < -0.39 is 0 Å². The van der Waals surface area contributed by atoms with Gasteiger partial charge in [-0.15, -0.1) is 0 Å². The van der Waals surface area contributed by atoms with E-state index in [0.29, 0.717) is 0 Å². The molecule has 1 aliphatic rings. The third kappa shape index (κ3) is 2.75. The maximum atomic E-state index is 11.0. The molecule has 3 nitrogen and oxygen atoms in total. The summed E-state index contributed by atoms with van der Waals surface area (Å²) in [6, 6.07) is 9.93. The highest BCUT2D eigenvalue weighted by Gasteiger charge is 2.23. The van der Waals surface area contributed by atoms with Crippen molar-refractivity contribution in [2.75, 3.05) is 7.11 Å². The molecule has 2 atom stereocenters. The van der Waals surface area contributed by atoms with Crippen LogP contribution in [0, 0.1) is 5.92 Å². The number of esters is 1. The molecule has 88 valence electrons. The zero-order valence-electron chi connectivity index (χ0n) is 9.58. The average molecular weight is 230 g/mol. The molecule has 0 bridgehead atoms. The molecule has 1 aliphatic heterocycles. The van der Waals surface area contributed by atoms with Gasteiger partial charge in [-0.05, 0) is 11.6 Å². The molecule has 0 saturated heterocycles. The minimum atomic E-state index is -0.350. The Morgan fingerprint density at radius 2 is 2.12 bits per heavy atom. The number of carbonyl (C=O) groups excluding carboxylic acids is 1. The highest BCUT2D eigenvalue weighted by atomic mass is 16.5. The lowest BCUT2D eigenvalue weighted by atomic mass is 9.96. The summed E-state index contributed by atoms with van der Waals surface area (Å²) in [4.78, 5) is 11.0. The third-order valence-corrected chi connectivity index (χ3v) is 2.66. The monoisotopic (exact) mass is 230 g/mol. The summed E-state index contributed by atoms with van der Waals surface area (Å²) in [5.74, 6) is -0.284. The first kappa shape index (κ1) is 11.5. The maximum Gasteiger partial charge on any atom is 0.330 e. The molecule has 0 fully saturated rings. The van der Waals surface area contributed by atoms with Crippen LogP contribution in [0.25, 0.3) is 0 Å². The van der Waals surface area contributed by atoms with Gasteiger partial charge < -0.3 is 9.47 Å². The third-order valence-electron chi connectivity index (χ3n) is 2.66. The Hall–Kier alpha value is -2.03. The van der Waals surface area contributed by atoms with Gasteiger partial charge in [-0.2, -0.15) is 0 Å². The molecule has 1 aromatic rings. The Balaban J connectivity index is 2.10. The predicted octanol–water partition coefficient (Wildman–Crippen LogP) is 2.62. The standard InChI is InChI=1S/C14H14O3/c1-16-13(15)8-7-12-9-10-17-14(12)11-5-3-2-4-6-11/h2-10,12,14H,1H3/b8-7+/t12-,14+/m0/s1. The van der Waals surface area contributed by atoms with E-state index in [0.717, 1.165) is 5.56 Å². The molecule has 1 aromatic carbocycles. The predicted molar refractivity (Wildman–Crippen MR) is 64.1 cm³/mol. The molecular formula is C14H14O3. The van der Waals surface area contributed by atoms with Crippen LogP contribution in [0.1, 0.15) is 11.7 Å². The normalized spacial score (nSPS) is 22.6. The highest BCUT2D eigenvalue weighted by Crippen LogP contribution is 2.33. The van der Waals surface area contributed by atoms with Crippen molar-refractivity contribution in [2.24, 2.45) is 5.92 Å². The van der Waals surface area contributed by atoms with Crippen LogP contribution in [0.2, 0.25) is 0 Å². The number of methoxy groups -OCH3 is 1. The second kappa shape index (κ2) is 5.34. The van der Waals surface area contributed by atoms with Crippen molar-refractivity contribution >= 4 is 5.97 Å². The largest absolute Gasteiger partial charge is 0.493 e. The van der Waals surface area contributed by atoms with E-state index in [1.165, 1.54) is 13.2 Å². The Morgan fingerprint density at radius 1 is 1.35 bits per heavy atom. The van der Waals surface area contributed by atoms with E-state index in [4.69, 9.17) is 4.74 Å². The molecule has 17 heavy (non-hydrogen) atoms. The van der Waals surface area contributed by atoms with Crippen LogP contribution in [0.4, 0.5) is 0 Å². The lowest BCUT2D eigenvalue weighted by Crippen LogP contribution is -2.06. The molecule has 0 N–H and O–H groups in total. The van der Waals surface area contributed by atoms with Crippen molar-refractivity contribution in [3.63, 3.8) is 0 Å². The van der Waals surface area contributed by atoms with Gasteiger partial charge in [0.2, 0.25) is 0 Å². The zero-order chi connectivity index (χ0) is 12.1. The summed E-state index contributed by atoms with van der Waals surface area (Å²) < 4.78 is 10.1. The summed E-state index contributed by atoms with van der Waals surface area (Å²) in [6.07, 6.45) is 6.77. The maximum absolute atomic E-state index is 11.0. The minimum Gasteiger partial charge on any atom is -0.493 e. The number of benzene rings is 1. The fourth-order valence-electron chi connectivity index (χ4n) is 1.78. The highest BCUT2D eigenvalue weighted by molar-refractivity contribution is 5.81. The molecule has 0 unspecified atom stereocenters. The molecule has 0 aliphatic carbocycles. The molecule has 2 rings (SSSR count). The van der Waals surface area contributed by atoms with E-state index >= 15 is 0 Å². The molecular weight excluding hydrogens is 216 g/mol. The van der Waals surface area contributed by atoms with Gasteiger partial charge in [-0.25, -0.2) is 4.79 Å². The van der Waals surface area contributed by atoms with Crippen LogP contribution in [0.3, 0.4) is 0 Å². The van der Waals surface area contributed by atoms with E-state index in [-0.39, 0.29) is 18.0 Å². The molecule has 1 heterocycles. The summed E-state index contributed by atoms with van der Waals surface area (Å²) in [5.41, 5.74) is 1.09. The molecule has 0 spiro atoms. The number of hydrogen-bond donors (Lipinski definition) is 0. The Bertz CT molecular complexity index is 434. The van der Waals surface area contributed by atoms with Crippen LogP contribution >= 0.6 is 0 Å². The van der Waals surface area contributed by atoms with Crippen molar-refractivity contribution in [1.82, 2.24) is 0 Å². The zero-order valence-corrected chi connectivity index (χ0v) is 9.58. The van der Waals surface area contributed by atoms with Crippen molar-refractivity contribution < 1.29 is 14.3 Å². The Kier molecular flexibility index (Phi) is 3.60. The van der Waals surface area contributed by atoms with Gasteiger partial charge in [-0.1, -0.05) is 36.4 Å². The topological polar surface area (TPSA) is 35.5 Å². The molecule has 0 saturated carbocycles. The van der Waals surface area contributed by atoms with Gasteiger partial charge in [0.25, 0.3) is 0 Å². The summed E-state index contributed by atoms with van der Waals surface area (Å²) >= 11 is 0. The van der Waals surface area contributed by atoms with Crippen molar-refractivity contribution in [3.8, 4) is 0 Å². The second-order valence-corrected chi connectivity index (χ2v) is 3.76. The minimum absolute atomic E-state index is 0.0582. The van der Waals surface area contributed by atoms with Gasteiger partial charge in [0, 0.05) is 12.0 Å². The van der Waals surface area contributed by atoms with Crippen molar-refractivity contribution in [1.29, 1.82) is 0 Å². The van der Waals surface area contributed by atoms with E-state index in [2.05, 4.69) is 4.74 Å². The number of rotatable bonds is 3. The van der Waals surface area contributed by atoms with Gasteiger partial charge >= 0.3 is 5.97 Å². The Morgan fingerprint density at radius 3 is 2.82 bits per heavy atom. The van der Waals surface area contributed by atoms with Crippen LogP contribution in [-0.4, -0.2) is 13.1 Å². The van der Waals surface area contributed by atoms with E-state index in [1.54, 1.807) is 12.3 Å². The first-order valence-corrected chi connectivity index (χ1v) is 5.44. The first-order valence-electron chi connectivity index (χ1n) is 5.44. The number of hydrogen-bond acceptors (Lipinski definition) is 3. The van der Waals surface area contributed by atoms with Gasteiger partial charge in [0.15, 0.2) is 0 Å². The molecule has 0 radical (unpaired) electrons. The van der Waals surface area contributed by atoms with Crippen molar-refractivity contribution in [3.05, 3.63) is 60.4 Å². The van der Waals surface area contributed by atoms with Crippen LogP contribution in [0.5, 0.6) is 0 Å². The quantitative estimate of drug-likeness (QED) is 0.591. The molecule has 0 amide bonds.